The van der Waals surface area contributed by atoms with Crippen LogP contribution in [0.3, 0.4) is 0 Å². The van der Waals surface area contributed by atoms with E-state index in [0.717, 1.165) is 12.5 Å². The number of imide groups is 1. The van der Waals surface area contributed by atoms with Crippen LogP contribution in [0.4, 0.5) is 9.18 Å². The van der Waals surface area contributed by atoms with Crippen LogP contribution in [-0.2, 0) is 14.3 Å². The van der Waals surface area contributed by atoms with Crippen LogP contribution in [0.15, 0.2) is 28.7 Å². The van der Waals surface area contributed by atoms with Crippen molar-refractivity contribution < 1.29 is 23.5 Å². The van der Waals surface area contributed by atoms with Crippen LogP contribution in [-0.4, -0.2) is 31.1 Å². The number of ether oxygens (including phenoxy) is 1. The minimum atomic E-state index is -0.824. The third-order valence-corrected chi connectivity index (χ3v) is 3.46. The van der Waals surface area contributed by atoms with Gasteiger partial charge in [-0.15, -0.1) is 0 Å². The summed E-state index contributed by atoms with van der Waals surface area (Å²) in [5.41, 5.74) is 0.195. The summed E-state index contributed by atoms with van der Waals surface area (Å²) in [6.07, 6.45) is 3.02. The average Bonchev–Trinajstić information content (AvgIpc) is 2.53. The van der Waals surface area contributed by atoms with Crippen LogP contribution in [0.25, 0.3) is 6.08 Å². The van der Waals surface area contributed by atoms with Crippen molar-refractivity contribution in [2.24, 2.45) is 5.92 Å². The van der Waals surface area contributed by atoms with E-state index in [1.54, 1.807) is 0 Å². The number of halogens is 2. The van der Waals surface area contributed by atoms with Crippen LogP contribution in [0.2, 0.25) is 0 Å². The molecule has 0 bridgehead atoms. The Balaban J connectivity index is 2.35. The molecule has 25 heavy (non-hydrogen) atoms. The molecular weight excluding hydrogens is 395 g/mol. The monoisotopic (exact) mass is 414 g/mol. The molecule has 0 spiro atoms. The molecule has 1 aromatic carbocycles. The summed E-state index contributed by atoms with van der Waals surface area (Å²) in [6, 6.07) is 3.63. The second-order valence-corrected chi connectivity index (χ2v) is 6.51. The summed E-state index contributed by atoms with van der Waals surface area (Å²) in [7, 11) is 0. The Morgan fingerprint density at radius 3 is 2.72 bits per heavy atom. The first kappa shape index (κ1) is 20.8. The summed E-state index contributed by atoms with van der Waals surface area (Å²) in [6.45, 7) is 3.86. The van der Waals surface area contributed by atoms with E-state index in [-0.39, 0.29) is 5.56 Å². The van der Waals surface area contributed by atoms with Gasteiger partial charge in [0.1, 0.15) is 5.82 Å². The van der Waals surface area contributed by atoms with Crippen LogP contribution < -0.4 is 10.6 Å². The van der Waals surface area contributed by atoms with E-state index in [4.69, 9.17) is 0 Å². The van der Waals surface area contributed by atoms with Gasteiger partial charge in [-0.25, -0.2) is 14.0 Å². The molecule has 0 aliphatic carbocycles. The van der Waals surface area contributed by atoms with Crippen molar-refractivity contribution in [1.82, 2.24) is 10.6 Å². The molecule has 1 aromatic rings. The highest BCUT2D eigenvalue weighted by Gasteiger charge is 2.09. The summed E-state index contributed by atoms with van der Waals surface area (Å²) in [4.78, 5) is 34.4. The van der Waals surface area contributed by atoms with Crippen LogP contribution >= 0.6 is 15.9 Å². The molecule has 0 aliphatic heterocycles. The first-order chi connectivity index (χ1) is 11.8. The maximum absolute atomic E-state index is 13.5. The van der Waals surface area contributed by atoms with E-state index >= 15 is 0 Å². The quantitative estimate of drug-likeness (QED) is 0.530. The van der Waals surface area contributed by atoms with Crippen molar-refractivity contribution in [1.29, 1.82) is 0 Å². The minimum Gasteiger partial charge on any atom is -0.452 e. The Hall–Kier alpha value is -2.22. The Kier molecular flexibility index (Phi) is 8.83. The van der Waals surface area contributed by atoms with Gasteiger partial charge in [0.25, 0.3) is 5.91 Å². The van der Waals surface area contributed by atoms with Gasteiger partial charge in [0.15, 0.2) is 6.61 Å². The van der Waals surface area contributed by atoms with E-state index < -0.39 is 30.3 Å². The van der Waals surface area contributed by atoms with Crippen molar-refractivity contribution in [2.75, 3.05) is 13.2 Å². The van der Waals surface area contributed by atoms with Gasteiger partial charge in [-0.1, -0.05) is 29.8 Å². The second-order valence-electron chi connectivity index (χ2n) is 5.59. The molecule has 0 aliphatic rings. The zero-order valence-electron chi connectivity index (χ0n) is 14.0. The lowest BCUT2D eigenvalue weighted by Crippen LogP contribution is -2.41. The number of urea groups is 1. The molecule has 0 heterocycles. The Morgan fingerprint density at radius 2 is 2.04 bits per heavy atom. The molecule has 0 fully saturated rings. The number of carbonyl (C=O) groups excluding carboxylic acids is 3. The molecule has 3 amide bonds. The average molecular weight is 415 g/mol. The largest absolute Gasteiger partial charge is 0.452 e. The van der Waals surface area contributed by atoms with Gasteiger partial charge < -0.3 is 10.1 Å². The number of hydrogen-bond donors (Lipinski definition) is 2. The van der Waals surface area contributed by atoms with Gasteiger partial charge in [-0.2, -0.15) is 0 Å². The minimum absolute atomic E-state index is 0.195. The van der Waals surface area contributed by atoms with Crippen molar-refractivity contribution >= 4 is 39.9 Å². The lowest BCUT2D eigenvalue weighted by molar-refractivity contribution is -0.143. The third-order valence-electron chi connectivity index (χ3n) is 2.96. The number of esters is 1. The SMILES string of the molecule is CC(C)CCNC(=O)NC(=O)COC(=O)C=Cc1cc(Br)ccc1F. The number of carbonyl (C=O) groups is 3. The highest BCUT2D eigenvalue weighted by atomic mass is 79.9. The smallest absolute Gasteiger partial charge is 0.331 e. The molecule has 0 aromatic heterocycles. The molecule has 0 radical (unpaired) electrons. The van der Waals surface area contributed by atoms with Crippen molar-refractivity contribution in [3.05, 3.63) is 40.1 Å². The molecule has 0 atom stereocenters. The topological polar surface area (TPSA) is 84.5 Å². The Bertz CT molecular complexity index is 662. The number of hydrogen-bond acceptors (Lipinski definition) is 4. The summed E-state index contributed by atoms with van der Waals surface area (Å²) < 4.78 is 18.8. The van der Waals surface area contributed by atoms with Gasteiger partial charge in [0.05, 0.1) is 0 Å². The molecule has 2 N–H and O–H groups in total. The zero-order valence-corrected chi connectivity index (χ0v) is 15.6. The molecular formula is C17H20BrFN2O4. The lowest BCUT2D eigenvalue weighted by atomic mass is 10.1. The first-order valence-corrected chi connectivity index (χ1v) is 8.44. The maximum Gasteiger partial charge on any atom is 0.331 e. The lowest BCUT2D eigenvalue weighted by Gasteiger charge is -2.08. The summed E-state index contributed by atoms with van der Waals surface area (Å²) in [5, 5.41) is 4.56. The van der Waals surface area contributed by atoms with Crippen LogP contribution in [0, 0.1) is 11.7 Å². The number of rotatable bonds is 7. The standard InChI is InChI=1S/C17H20BrFN2O4/c1-11(2)7-8-20-17(24)21-15(22)10-25-16(23)6-3-12-9-13(18)4-5-14(12)19/h3-6,9,11H,7-8,10H2,1-2H3,(H2,20,21,22,24). The number of benzene rings is 1. The predicted octanol–water partition coefficient (Wildman–Crippen LogP) is 3.02. The van der Waals surface area contributed by atoms with Crippen molar-refractivity contribution in [3.8, 4) is 0 Å². The van der Waals surface area contributed by atoms with E-state index in [9.17, 15) is 18.8 Å². The molecule has 0 saturated carbocycles. The van der Waals surface area contributed by atoms with Crippen LogP contribution in [0.1, 0.15) is 25.8 Å². The number of amides is 3. The van der Waals surface area contributed by atoms with Crippen LogP contribution in [0.5, 0.6) is 0 Å². The van der Waals surface area contributed by atoms with Crippen molar-refractivity contribution in [3.63, 3.8) is 0 Å². The normalized spacial score (nSPS) is 10.8. The highest BCUT2D eigenvalue weighted by molar-refractivity contribution is 9.10. The van der Waals surface area contributed by atoms with E-state index in [1.165, 1.54) is 24.3 Å². The second kappa shape index (κ2) is 10.6. The maximum atomic E-state index is 13.5. The fourth-order valence-electron chi connectivity index (χ4n) is 1.67. The molecule has 136 valence electrons. The predicted molar refractivity (Wildman–Crippen MR) is 95.1 cm³/mol. The van der Waals surface area contributed by atoms with E-state index in [0.29, 0.717) is 16.9 Å². The Labute approximate surface area is 153 Å². The summed E-state index contributed by atoms with van der Waals surface area (Å²) in [5.74, 6) is -1.64. The highest BCUT2D eigenvalue weighted by Crippen LogP contribution is 2.16. The van der Waals surface area contributed by atoms with Gasteiger partial charge in [-0.3, -0.25) is 10.1 Å². The van der Waals surface area contributed by atoms with Gasteiger partial charge in [0.2, 0.25) is 0 Å². The summed E-state index contributed by atoms with van der Waals surface area (Å²) >= 11 is 3.19. The fraction of sp³-hybridized carbons (Fsp3) is 0.353. The number of nitrogens with one attached hydrogen (secondary N) is 2. The first-order valence-electron chi connectivity index (χ1n) is 7.65. The molecule has 8 heteroatoms. The van der Waals surface area contributed by atoms with Gasteiger partial charge in [-0.05, 0) is 36.6 Å². The van der Waals surface area contributed by atoms with Gasteiger partial charge >= 0.3 is 12.0 Å². The zero-order chi connectivity index (χ0) is 18.8. The molecule has 0 saturated heterocycles. The Morgan fingerprint density at radius 1 is 1.32 bits per heavy atom. The van der Waals surface area contributed by atoms with Gasteiger partial charge in [0, 0.05) is 22.7 Å². The molecule has 1 rings (SSSR count). The fourth-order valence-corrected chi connectivity index (χ4v) is 2.05. The van der Waals surface area contributed by atoms with E-state index in [2.05, 4.69) is 26.0 Å². The molecule has 6 nitrogen and oxygen atoms in total. The third kappa shape index (κ3) is 8.99. The van der Waals surface area contributed by atoms with Crippen molar-refractivity contribution in [2.45, 2.75) is 20.3 Å². The molecule has 0 unspecified atom stereocenters. The van der Waals surface area contributed by atoms with E-state index in [1.807, 2.05) is 19.2 Å².